The molecule has 2 aromatic rings. The van der Waals surface area contributed by atoms with Crippen LogP contribution in [0.2, 0.25) is 0 Å². The molecule has 0 spiro atoms. The Bertz CT molecular complexity index is 561. The SMILES string of the molecule is NNC(=S)NN=Cc1nccc2ccccc12. The number of nitrogens with one attached hydrogen (secondary N) is 2. The number of benzene rings is 1. The Hall–Kier alpha value is -2.05. The zero-order chi connectivity index (χ0) is 12.1. The van der Waals surface area contributed by atoms with Gasteiger partial charge in [-0.15, -0.1) is 0 Å². The summed E-state index contributed by atoms with van der Waals surface area (Å²) in [5.41, 5.74) is 5.62. The summed E-state index contributed by atoms with van der Waals surface area (Å²) in [7, 11) is 0. The van der Waals surface area contributed by atoms with Crippen molar-refractivity contribution in [1.29, 1.82) is 0 Å². The molecule has 0 radical (unpaired) electrons. The van der Waals surface area contributed by atoms with E-state index in [-0.39, 0.29) is 5.11 Å². The number of nitrogens with zero attached hydrogens (tertiary/aromatic N) is 2. The molecule has 1 aromatic carbocycles. The van der Waals surface area contributed by atoms with Gasteiger partial charge < -0.3 is 0 Å². The van der Waals surface area contributed by atoms with Crippen LogP contribution in [0.4, 0.5) is 0 Å². The monoisotopic (exact) mass is 245 g/mol. The molecule has 6 heteroatoms. The number of hydrazine groups is 1. The van der Waals surface area contributed by atoms with Crippen LogP contribution in [0.5, 0.6) is 0 Å². The molecule has 0 aliphatic heterocycles. The summed E-state index contributed by atoms with van der Waals surface area (Å²) in [5, 5.41) is 6.34. The summed E-state index contributed by atoms with van der Waals surface area (Å²) in [6.07, 6.45) is 3.34. The Labute approximate surface area is 104 Å². The van der Waals surface area contributed by atoms with E-state index >= 15 is 0 Å². The normalized spacial score (nSPS) is 10.6. The molecular weight excluding hydrogens is 234 g/mol. The lowest BCUT2D eigenvalue weighted by molar-refractivity contribution is 0.930. The summed E-state index contributed by atoms with van der Waals surface area (Å²) >= 11 is 4.79. The van der Waals surface area contributed by atoms with Gasteiger partial charge in [0.25, 0.3) is 0 Å². The number of nitrogens with two attached hydrogens (primary N) is 1. The Morgan fingerprint density at radius 1 is 1.35 bits per heavy atom. The van der Waals surface area contributed by atoms with Gasteiger partial charge in [0.2, 0.25) is 5.11 Å². The molecule has 0 unspecified atom stereocenters. The second-order valence-electron chi connectivity index (χ2n) is 3.26. The van der Waals surface area contributed by atoms with Crippen LogP contribution in [0.1, 0.15) is 5.69 Å². The fourth-order valence-electron chi connectivity index (χ4n) is 1.43. The number of fused-ring (bicyclic) bond motifs is 1. The minimum absolute atomic E-state index is 0.251. The molecule has 2 rings (SSSR count). The van der Waals surface area contributed by atoms with Gasteiger partial charge in [-0.25, -0.2) is 5.84 Å². The summed E-state index contributed by atoms with van der Waals surface area (Å²) in [6, 6.07) is 9.90. The maximum absolute atomic E-state index is 5.10. The summed E-state index contributed by atoms with van der Waals surface area (Å²) < 4.78 is 0. The van der Waals surface area contributed by atoms with E-state index in [0.29, 0.717) is 0 Å². The minimum atomic E-state index is 0.251. The molecule has 0 atom stereocenters. The number of rotatable bonds is 2. The first-order chi connectivity index (χ1) is 8.31. The highest BCUT2D eigenvalue weighted by atomic mass is 32.1. The fourth-order valence-corrected chi connectivity index (χ4v) is 1.48. The first kappa shape index (κ1) is 11.4. The number of pyridine rings is 1. The highest BCUT2D eigenvalue weighted by Crippen LogP contribution is 2.14. The third-order valence-corrected chi connectivity index (χ3v) is 2.40. The van der Waals surface area contributed by atoms with E-state index in [1.165, 1.54) is 0 Å². The molecule has 0 saturated heterocycles. The Morgan fingerprint density at radius 2 is 2.18 bits per heavy atom. The Morgan fingerprint density at radius 3 is 3.00 bits per heavy atom. The lowest BCUT2D eigenvalue weighted by atomic mass is 10.1. The number of thiocarbonyl (C=S) groups is 1. The highest BCUT2D eigenvalue weighted by molar-refractivity contribution is 7.80. The summed E-state index contributed by atoms with van der Waals surface area (Å²) in [6.45, 7) is 0. The molecule has 0 bridgehead atoms. The number of aromatic nitrogens is 1. The van der Waals surface area contributed by atoms with Gasteiger partial charge in [0, 0.05) is 11.6 Å². The molecule has 4 N–H and O–H groups in total. The van der Waals surface area contributed by atoms with E-state index < -0.39 is 0 Å². The zero-order valence-electron chi connectivity index (χ0n) is 8.92. The molecule has 5 nitrogen and oxygen atoms in total. The van der Waals surface area contributed by atoms with Crippen molar-refractivity contribution in [1.82, 2.24) is 15.8 Å². The van der Waals surface area contributed by atoms with Crippen molar-refractivity contribution < 1.29 is 0 Å². The lowest BCUT2D eigenvalue weighted by Gasteiger charge is -2.01. The van der Waals surface area contributed by atoms with Gasteiger partial charge in [0.1, 0.15) is 0 Å². The van der Waals surface area contributed by atoms with Gasteiger partial charge in [0.15, 0.2) is 0 Å². The van der Waals surface area contributed by atoms with Crippen LogP contribution in [0.3, 0.4) is 0 Å². The van der Waals surface area contributed by atoms with Crippen molar-refractivity contribution in [2.45, 2.75) is 0 Å². The predicted octanol–water partition coefficient (Wildman–Crippen LogP) is 0.907. The van der Waals surface area contributed by atoms with E-state index in [1.54, 1.807) is 12.4 Å². The van der Waals surface area contributed by atoms with E-state index in [1.807, 2.05) is 30.3 Å². The topological polar surface area (TPSA) is 75.3 Å². The van der Waals surface area contributed by atoms with Gasteiger partial charge in [0.05, 0.1) is 11.9 Å². The second kappa shape index (κ2) is 5.33. The van der Waals surface area contributed by atoms with Crippen molar-refractivity contribution in [3.63, 3.8) is 0 Å². The predicted molar refractivity (Wildman–Crippen MR) is 72.4 cm³/mol. The fraction of sp³-hybridized carbons (Fsp3) is 0. The van der Waals surface area contributed by atoms with Crippen molar-refractivity contribution in [3.05, 3.63) is 42.2 Å². The van der Waals surface area contributed by atoms with Crippen molar-refractivity contribution in [2.75, 3.05) is 0 Å². The van der Waals surface area contributed by atoms with Crippen LogP contribution in [-0.2, 0) is 0 Å². The third kappa shape index (κ3) is 2.74. The largest absolute Gasteiger partial charge is 0.300 e. The highest BCUT2D eigenvalue weighted by Gasteiger charge is 1.98. The molecule has 0 aliphatic rings. The quantitative estimate of drug-likeness (QED) is 0.317. The van der Waals surface area contributed by atoms with Crippen molar-refractivity contribution >= 4 is 34.3 Å². The van der Waals surface area contributed by atoms with Gasteiger partial charge >= 0.3 is 0 Å². The maximum atomic E-state index is 5.10. The molecule has 1 heterocycles. The van der Waals surface area contributed by atoms with Crippen LogP contribution in [0.25, 0.3) is 10.8 Å². The van der Waals surface area contributed by atoms with E-state index in [2.05, 4.69) is 20.9 Å². The van der Waals surface area contributed by atoms with Gasteiger partial charge in [-0.05, 0) is 23.7 Å². The molecule has 17 heavy (non-hydrogen) atoms. The van der Waals surface area contributed by atoms with E-state index in [4.69, 9.17) is 18.1 Å². The van der Waals surface area contributed by atoms with Crippen molar-refractivity contribution in [3.8, 4) is 0 Å². The molecule has 0 aliphatic carbocycles. The van der Waals surface area contributed by atoms with Crippen LogP contribution in [0, 0.1) is 0 Å². The number of hydrogen-bond donors (Lipinski definition) is 3. The third-order valence-electron chi connectivity index (χ3n) is 2.19. The minimum Gasteiger partial charge on any atom is -0.300 e. The smallest absolute Gasteiger partial charge is 0.201 e. The average molecular weight is 245 g/mol. The average Bonchev–Trinajstić information content (AvgIpc) is 2.39. The van der Waals surface area contributed by atoms with E-state index in [0.717, 1.165) is 16.5 Å². The first-order valence-corrected chi connectivity index (χ1v) is 5.35. The molecule has 0 amide bonds. The Balaban J connectivity index is 2.27. The molecule has 86 valence electrons. The second-order valence-corrected chi connectivity index (χ2v) is 3.67. The molecular formula is C11H11N5S. The zero-order valence-corrected chi connectivity index (χ0v) is 9.74. The van der Waals surface area contributed by atoms with Crippen LogP contribution in [-0.4, -0.2) is 16.3 Å². The molecule has 1 aromatic heterocycles. The van der Waals surface area contributed by atoms with E-state index in [9.17, 15) is 0 Å². The van der Waals surface area contributed by atoms with Crippen LogP contribution in [0.15, 0.2) is 41.6 Å². The van der Waals surface area contributed by atoms with Crippen LogP contribution >= 0.6 is 12.2 Å². The maximum Gasteiger partial charge on any atom is 0.201 e. The summed E-state index contributed by atoms with van der Waals surface area (Å²) in [4.78, 5) is 4.25. The van der Waals surface area contributed by atoms with Crippen molar-refractivity contribution in [2.24, 2.45) is 10.9 Å². The number of hydrogen-bond acceptors (Lipinski definition) is 4. The van der Waals surface area contributed by atoms with Gasteiger partial charge in [-0.3, -0.25) is 15.8 Å². The standard InChI is InChI=1S/C11H11N5S/c12-15-11(17)16-14-7-10-9-4-2-1-3-8(9)5-6-13-10/h1-7H,12H2,(H2,15,16,17). The number of hydrazone groups is 1. The van der Waals surface area contributed by atoms with Gasteiger partial charge in [-0.2, -0.15) is 5.10 Å². The van der Waals surface area contributed by atoms with Gasteiger partial charge in [-0.1, -0.05) is 24.3 Å². The lowest BCUT2D eigenvalue weighted by Crippen LogP contribution is -2.37. The summed E-state index contributed by atoms with van der Waals surface area (Å²) in [5.74, 6) is 5.10. The first-order valence-electron chi connectivity index (χ1n) is 4.94. The molecule has 0 fully saturated rings. The van der Waals surface area contributed by atoms with Crippen LogP contribution < -0.4 is 16.7 Å². The Kier molecular flexibility index (Phi) is 3.59. The molecule has 0 saturated carbocycles.